The number of fused-ring (bicyclic) bond motifs is 1. The number of hydrogen-bond acceptors (Lipinski definition) is 7. The molecule has 39 heavy (non-hydrogen) atoms. The molecule has 5 rings (SSSR count). The van der Waals surface area contributed by atoms with Gasteiger partial charge in [-0.3, -0.25) is 9.36 Å². The molecule has 0 amide bonds. The van der Waals surface area contributed by atoms with E-state index >= 15 is 0 Å². The summed E-state index contributed by atoms with van der Waals surface area (Å²) in [5.74, 6) is 0.160. The largest absolute Gasteiger partial charge is 0.486 e. The normalized spacial score (nSPS) is 15.2. The minimum Gasteiger partial charge on any atom is -0.486 e. The van der Waals surface area contributed by atoms with Gasteiger partial charge in [0, 0.05) is 15.5 Å². The molecule has 0 unspecified atom stereocenters. The van der Waals surface area contributed by atoms with Crippen molar-refractivity contribution in [2.24, 2.45) is 4.99 Å². The summed E-state index contributed by atoms with van der Waals surface area (Å²) in [6.07, 6.45) is 1.81. The Bertz CT molecular complexity index is 1750. The maximum Gasteiger partial charge on any atom is 0.338 e. The molecule has 0 saturated carbocycles. The van der Waals surface area contributed by atoms with Crippen LogP contribution in [0.3, 0.4) is 0 Å². The third-order valence-electron chi connectivity index (χ3n) is 5.98. The van der Waals surface area contributed by atoms with Gasteiger partial charge in [-0.1, -0.05) is 47.2 Å². The topological polar surface area (TPSA) is 69.9 Å². The van der Waals surface area contributed by atoms with Crippen LogP contribution in [-0.4, -0.2) is 17.1 Å². The molecule has 1 aliphatic heterocycles. The van der Waals surface area contributed by atoms with Gasteiger partial charge in [0.05, 0.1) is 31.4 Å². The van der Waals surface area contributed by atoms with Crippen LogP contribution in [0.5, 0.6) is 5.75 Å². The molecule has 0 radical (unpaired) electrons. The van der Waals surface area contributed by atoms with E-state index in [1.54, 1.807) is 18.4 Å². The second kappa shape index (κ2) is 11.9. The fraction of sp³-hybridized carbons (Fsp3) is 0.179. The highest BCUT2D eigenvalue weighted by atomic mass is 79.9. The van der Waals surface area contributed by atoms with E-state index in [1.165, 1.54) is 22.7 Å². The Morgan fingerprint density at radius 2 is 1.92 bits per heavy atom. The smallest absolute Gasteiger partial charge is 0.338 e. The molecule has 0 bridgehead atoms. The molecular weight excluding hydrogens is 688 g/mol. The number of nitrogens with zero attached hydrogens (tertiary/aromatic N) is 2. The molecule has 3 heterocycles. The Kier molecular flexibility index (Phi) is 8.58. The highest BCUT2D eigenvalue weighted by Gasteiger charge is 2.33. The zero-order valence-electron chi connectivity index (χ0n) is 20.7. The Morgan fingerprint density at radius 3 is 2.59 bits per heavy atom. The van der Waals surface area contributed by atoms with Crippen LogP contribution in [0.25, 0.3) is 6.08 Å². The molecule has 6 nitrogen and oxygen atoms in total. The van der Waals surface area contributed by atoms with E-state index in [0.29, 0.717) is 38.0 Å². The molecule has 2 aromatic heterocycles. The Balaban J connectivity index is 1.54. The van der Waals surface area contributed by atoms with Crippen molar-refractivity contribution >= 4 is 78.2 Å². The number of halogens is 3. The number of carbonyl (C=O) groups excluding carboxylic acids is 1. The number of allylic oxidation sites excluding steroid dienone is 1. The third kappa shape index (κ3) is 5.71. The van der Waals surface area contributed by atoms with Crippen molar-refractivity contribution in [2.45, 2.75) is 26.5 Å². The first kappa shape index (κ1) is 28.0. The molecule has 0 saturated heterocycles. The Morgan fingerprint density at radius 1 is 1.18 bits per heavy atom. The predicted molar refractivity (Wildman–Crippen MR) is 162 cm³/mol. The number of carbonyl (C=O) groups is 1. The molecule has 11 heteroatoms. The first-order chi connectivity index (χ1) is 18.8. The monoisotopic (exact) mass is 706 g/mol. The van der Waals surface area contributed by atoms with Gasteiger partial charge in [0.1, 0.15) is 18.4 Å². The van der Waals surface area contributed by atoms with Crippen LogP contribution < -0.4 is 19.6 Å². The van der Waals surface area contributed by atoms with E-state index in [0.717, 1.165) is 24.9 Å². The number of thiophene rings is 1. The third-order valence-corrected chi connectivity index (χ3v) is 9.43. The van der Waals surface area contributed by atoms with E-state index in [1.807, 2.05) is 60.0 Å². The number of hydrogen-bond donors (Lipinski definition) is 0. The molecular formula is C28H21Br2ClN2O4S2. The molecule has 2 aromatic carbocycles. The standard InChI is InChI=1S/C28H21Br2ClN2O4S2/c1-3-36-27(35)23-15(2)32-28-33(24(23)21-9-6-10-38-21)26(34)22(39-28)13-16-11-18(29)25(19(30)12-16)37-14-17-7-4-5-8-20(17)31/h4-13,24H,3,14H2,1-2H3/b22-13-/t24-/m0/s1. The fourth-order valence-electron chi connectivity index (χ4n) is 4.22. The van der Waals surface area contributed by atoms with E-state index in [4.69, 9.17) is 21.1 Å². The number of esters is 1. The summed E-state index contributed by atoms with van der Waals surface area (Å²) in [6, 6.07) is 14.5. The lowest BCUT2D eigenvalue weighted by atomic mass is 10.0. The van der Waals surface area contributed by atoms with Gasteiger partial charge in [-0.15, -0.1) is 11.3 Å². The lowest BCUT2D eigenvalue weighted by Crippen LogP contribution is -2.39. The predicted octanol–water partition coefficient (Wildman–Crippen LogP) is 6.62. The van der Waals surface area contributed by atoms with E-state index in [-0.39, 0.29) is 12.2 Å². The van der Waals surface area contributed by atoms with Crippen molar-refractivity contribution in [2.75, 3.05) is 6.61 Å². The van der Waals surface area contributed by atoms with Gasteiger partial charge in [-0.05, 0) is 87.0 Å². The highest BCUT2D eigenvalue weighted by Crippen LogP contribution is 2.36. The molecule has 0 fully saturated rings. The van der Waals surface area contributed by atoms with Crippen molar-refractivity contribution < 1.29 is 14.3 Å². The van der Waals surface area contributed by atoms with Crippen molar-refractivity contribution in [1.29, 1.82) is 0 Å². The lowest BCUT2D eigenvalue weighted by molar-refractivity contribution is -0.139. The average Bonchev–Trinajstić information content (AvgIpc) is 3.52. The second-order valence-corrected chi connectivity index (χ2v) is 12.6. The molecule has 200 valence electrons. The maximum atomic E-state index is 13.7. The number of benzene rings is 2. The zero-order valence-corrected chi connectivity index (χ0v) is 26.3. The first-order valence-corrected chi connectivity index (χ1v) is 15.5. The maximum absolute atomic E-state index is 13.7. The van der Waals surface area contributed by atoms with Crippen LogP contribution >= 0.6 is 66.1 Å². The second-order valence-electron chi connectivity index (χ2n) is 8.51. The van der Waals surface area contributed by atoms with Gasteiger partial charge >= 0.3 is 5.97 Å². The van der Waals surface area contributed by atoms with E-state index in [9.17, 15) is 9.59 Å². The average molecular weight is 709 g/mol. The molecule has 0 N–H and O–H groups in total. The van der Waals surface area contributed by atoms with Crippen LogP contribution in [0.4, 0.5) is 0 Å². The number of rotatable bonds is 7. The van der Waals surface area contributed by atoms with Gasteiger partial charge in [-0.2, -0.15) is 0 Å². The summed E-state index contributed by atoms with van der Waals surface area (Å²) < 4.78 is 14.9. The number of ether oxygens (including phenoxy) is 2. The molecule has 1 atom stereocenters. The summed E-state index contributed by atoms with van der Waals surface area (Å²) in [5, 5.41) is 2.56. The summed E-state index contributed by atoms with van der Waals surface area (Å²) >= 11 is 16.2. The van der Waals surface area contributed by atoms with Gasteiger partial charge in [0.15, 0.2) is 4.80 Å². The number of aromatic nitrogens is 1. The molecule has 0 spiro atoms. The summed E-state index contributed by atoms with van der Waals surface area (Å²) in [6.45, 7) is 4.07. The van der Waals surface area contributed by atoms with Gasteiger partial charge in [0.2, 0.25) is 0 Å². The van der Waals surface area contributed by atoms with Crippen LogP contribution in [0.15, 0.2) is 83.9 Å². The fourth-order valence-corrected chi connectivity index (χ4v) is 7.74. The van der Waals surface area contributed by atoms with Gasteiger partial charge in [-0.25, -0.2) is 9.79 Å². The summed E-state index contributed by atoms with van der Waals surface area (Å²) in [4.78, 5) is 32.7. The first-order valence-electron chi connectivity index (χ1n) is 11.9. The molecule has 4 aromatic rings. The van der Waals surface area contributed by atoms with E-state index in [2.05, 4.69) is 36.9 Å². The van der Waals surface area contributed by atoms with Gasteiger partial charge in [0.25, 0.3) is 5.56 Å². The van der Waals surface area contributed by atoms with Crippen molar-refractivity contribution in [1.82, 2.24) is 4.57 Å². The summed E-state index contributed by atoms with van der Waals surface area (Å²) in [5.41, 5.74) is 2.37. The van der Waals surface area contributed by atoms with Crippen molar-refractivity contribution in [3.05, 3.63) is 115 Å². The quantitative estimate of drug-likeness (QED) is 0.203. The Labute approximate surface area is 254 Å². The minimum absolute atomic E-state index is 0.224. The van der Waals surface area contributed by atoms with Crippen LogP contribution in [0, 0.1) is 0 Å². The lowest BCUT2D eigenvalue weighted by Gasteiger charge is -2.23. The zero-order chi connectivity index (χ0) is 27.7. The van der Waals surface area contributed by atoms with Crippen LogP contribution in [-0.2, 0) is 16.1 Å². The van der Waals surface area contributed by atoms with Crippen molar-refractivity contribution in [3.63, 3.8) is 0 Å². The molecule has 1 aliphatic rings. The number of thiazole rings is 1. The van der Waals surface area contributed by atoms with Crippen molar-refractivity contribution in [3.8, 4) is 5.75 Å². The minimum atomic E-state index is -0.596. The van der Waals surface area contributed by atoms with E-state index < -0.39 is 12.0 Å². The molecule has 0 aliphatic carbocycles. The summed E-state index contributed by atoms with van der Waals surface area (Å²) in [7, 11) is 0. The SMILES string of the molecule is CCOC(=O)C1=C(C)N=c2s/c(=C\c3cc(Br)c(OCc4ccccc4Cl)c(Br)c3)c(=O)n2[C@H]1c1cccs1. The van der Waals surface area contributed by atoms with Crippen LogP contribution in [0.2, 0.25) is 5.02 Å². The van der Waals surface area contributed by atoms with Gasteiger partial charge < -0.3 is 9.47 Å². The Hall–Kier alpha value is -2.50. The highest BCUT2D eigenvalue weighted by molar-refractivity contribution is 9.11. The van der Waals surface area contributed by atoms with Crippen LogP contribution in [0.1, 0.15) is 35.9 Å².